The van der Waals surface area contributed by atoms with Crippen molar-refractivity contribution in [1.29, 1.82) is 0 Å². The summed E-state index contributed by atoms with van der Waals surface area (Å²) >= 11 is 0. The first-order valence-corrected chi connectivity index (χ1v) is 9.57. The zero-order valence-corrected chi connectivity index (χ0v) is 20.3. The molecule has 0 saturated heterocycles. The molecule has 9 heteroatoms. The first-order chi connectivity index (χ1) is 13.5. The Bertz CT molecular complexity index is 779. The average molecular weight is 517 g/mol. The summed E-state index contributed by atoms with van der Waals surface area (Å²) in [6.45, 7) is 9.45. The second kappa shape index (κ2) is 12.5. The van der Waals surface area contributed by atoms with Crippen LogP contribution in [0.5, 0.6) is 11.5 Å². The van der Waals surface area contributed by atoms with Crippen molar-refractivity contribution in [2.24, 2.45) is 4.99 Å². The number of halogens is 1. The van der Waals surface area contributed by atoms with Crippen LogP contribution in [0.4, 0.5) is 0 Å². The Morgan fingerprint density at radius 1 is 1.21 bits per heavy atom. The highest BCUT2D eigenvalue weighted by Gasteiger charge is 2.15. The molecule has 1 aromatic carbocycles. The molecular weight excluding hydrogens is 485 g/mol. The molecule has 0 aliphatic carbocycles. The van der Waals surface area contributed by atoms with Gasteiger partial charge in [-0.1, -0.05) is 19.0 Å². The van der Waals surface area contributed by atoms with E-state index in [0.29, 0.717) is 24.8 Å². The third-order valence-corrected chi connectivity index (χ3v) is 4.20. The summed E-state index contributed by atoms with van der Waals surface area (Å²) in [6, 6.07) is 5.72. The van der Waals surface area contributed by atoms with E-state index in [0.717, 1.165) is 29.4 Å². The van der Waals surface area contributed by atoms with Gasteiger partial charge in [0.25, 0.3) is 0 Å². The van der Waals surface area contributed by atoms with Gasteiger partial charge in [-0.3, -0.25) is 4.99 Å². The number of hydrogen-bond donors (Lipinski definition) is 2. The maximum absolute atomic E-state index is 5.48. The van der Waals surface area contributed by atoms with Gasteiger partial charge in [0.05, 0.1) is 26.8 Å². The summed E-state index contributed by atoms with van der Waals surface area (Å²) in [5.41, 5.74) is 0.992. The molecule has 0 saturated carbocycles. The third kappa shape index (κ3) is 7.37. The number of ether oxygens (including phenoxy) is 2. The Morgan fingerprint density at radius 2 is 1.97 bits per heavy atom. The Labute approximate surface area is 189 Å². The lowest BCUT2D eigenvalue weighted by molar-refractivity contribution is 0.372. The van der Waals surface area contributed by atoms with Crippen LogP contribution < -0.4 is 20.1 Å². The molecule has 2 N–H and O–H groups in total. The van der Waals surface area contributed by atoms with Gasteiger partial charge in [0.2, 0.25) is 5.89 Å². The topological polar surface area (TPSA) is 93.8 Å². The number of aromatic nitrogens is 2. The summed E-state index contributed by atoms with van der Waals surface area (Å²) in [5, 5.41) is 10.6. The zero-order chi connectivity index (χ0) is 20.5. The normalized spacial score (nSPS) is 12.3. The summed E-state index contributed by atoms with van der Waals surface area (Å²) in [4.78, 5) is 9.01. The van der Waals surface area contributed by atoms with Gasteiger partial charge in [0, 0.05) is 24.4 Å². The van der Waals surface area contributed by atoms with Gasteiger partial charge < -0.3 is 24.6 Å². The minimum atomic E-state index is -0.0289. The van der Waals surface area contributed by atoms with Crippen LogP contribution in [0.2, 0.25) is 0 Å². The van der Waals surface area contributed by atoms with Crippen molar-refractivity contribution in [2.75, 3.05) is 27.3 Å². The Morgan fingerprint density at radius 3 is 2.55 bits per heavy atom. The standard InChI is InChI=1S/C20H31N5O3.HI/c1-7-21-20(22-11-10-18-24-19(13(2)3)25-28-18)23-14(4)16-12-15(26-5)8-9-17(16)27-6;/h8-9,12-14H,7,10-11H2,1-6H3,(H2,21,22,23);1H. The van der Waals surface area contributed by atoms with Crippen LogP contribution in [0.15, 0.2) is 27.7 Å². The number of guanidine groups is 1. The minimum absolute atomic E-state index is 0. The van der Waals surface area contributed by atoms with Crippen LogP contribution in [0.3, 0.4) is 0 Å². The molecule has 162 valence electrons. The van der Waals surface area contributed by atoms with Crippen molar-refractivity contribution in [2.45, 2.75) is 46.1 Å². The molecule has 1 heterocycles. The highest BCUT2D eigenvalue weighted by atomic mass is 127. The zero-order valence-electron chi connectivity index (χ0n) is 18.0. The van der Waals surface area contributed by atoms with Crippen LogP contribution in [0.1, 0.15) is 56.9 Å². The number of nitrogens with one attached hydrogen (secondary N) is 2. The number of rotatable bonds is 9. The lowest BCUT2D eigenvalue weighted by atomic mass is 10.1. The lowest BCUT2D eigenvalue weighted by Gasteiger charge is -2.20. The van der Waals surface area contributed by atoms with Gasteiger partial charge in [0.15, 0.2) is 11.8 Å². The van der Waals surface area contributed by atoms with Gasteiger partial charge in [-0.25, -0.2) is 0 Å². The van der Waals surface area contributed by atoms with Crippen LogP contribution >= 0.6 is 24.0 Å². The Balaban J connectivity index is 0.00000420. The average Bonchev–Trinajstić information content (AvgIpc) is 3.16. The molecule has 0 aliphatic heterocycles. The fourth-order valence-electron chi connectivity index (χ4n) is 2.65. The molecule has 2 aromatic rings. The Hall–Kier alpha value is -2.04. The summed E-state index contributed by atoms with van der Waals surface area (Å²) in [5.74, 6) is 3.86. The Kier molecular flexibility index (Phi) is 10.8. The van der Waals surface area contributed by atoms with Crippen LogP contribution in [0.25, 0.3) is 0 Å². The van der Waals surface area contributed by atoms with E-state index in [2.05, 4.69) is 32.7 Å². The van der Waals surface area contributed by atoms with Crippen LogP contribution in [-0.2, 0) is 6.42 Å². The number of methoxy groups -OCH3 is 2. The second-order valence-corrected chi connectivity index (χ2v) is 6.69. The fourth-order valence-corrected chi connectivity index (χ4v) is 2.65. The third-order valence-electron chi connectivity index (χ3n) is 4.20. The van der Waals surface area contributed by atoms with E-state index in [4.69, 9.17) is 14.0 Å². The van der Waals surface area contributed by atoms with E-state index in [1.54, 1.807) is 14.2 Å². The lowest BCUT2D eigenvalue weighted by Crippen LogP contribution is -2.39. The van der Waals surface area contributed by atoms with E-state index in [1.165, 1.54) is 0 Å². The molecule has 2 rings (SSSR count). The minimum Gasteiger partial charge on any atom is -0.497 e. The van der Waals surface area contributed by atoms with Crippen molar-refractivity contribution >= 4 is 29.9 Å². The SMILES string of the molecule is CCNC(=NCCc1nc(C(C)C)no1)NC(C)c1cc(OC)ccc1OC.I. The summed E-state index contributed by atoms with van der Waals surface area (Å²) in [6.07, 6.45) is 0.590. The number of aliphatic imine (C=N–C) groups is 1. The van der Waals surface area contributed by atoms with Gasteiger partial charge in [0.1, 0.15) is 11.5 Å². The van der Waals surface area contributed by atoms with Crippen molar-refractivity contribution in [3.8, 4) is 11.5 Å². The van der Waals surface area contributed by atoms with E-state index < -0.39 is 0 Å². The second-order valence-electron chi connectivity index (χ2n) is 6.69. The molecule has 8 nitrogen and oxygen atoms in total. The van der Waals surface area contributed by atoms with Crippen molar-refractivity contribution in [3.05, 3.63) is 35.5 Å². The number of hydrogen-bond acceptors (Lipinski definition) is 6. The molecule has 0 spiro atoms. The molecule has 0 radical (unpaired) electrons. The van der Waals surface area contributed by atoms with E-state index in [1.807, 2.05) is 39.0 Å². The van der Waals surface area contributed by atoms with E-state index in [-0.39, 0.29) is 35.9 Å². The van der Waals surface area contributed by atoms with E-state index >= 15 is 0 Å². The van der Waals surface area contributed by atoms with Crippen molar-refractivity contribution in [3.63, 3.8) is 0 Å². The maximum Gasteiger partial charge on any atom is 0.228 e. The summed E-state index contributed by atoms with van der Waals surface area (Å²) < 4.78 is 16.1. The first-order valence-electron chi connectivity index (χ1n) is 9.57. The highest BCUT2D eigenvalue weighted by molar-refractivity contribution is 14.0. The molecule has 1 unspecified atom stereocenters. The van der Waals surface area contributed by atoms with Gasteiger partial charge in [-0.2, -0.15) is 4.98 Å². The molecule has 0 bridgehead atoms. The fraction of sp³-hybridized carbons (Fsp3) is 0.550. The predicted molar refractivity (Wildman–Crippen MR) is 125 cm³/mol. The quantitative estimate of drug-likeness (QED) is 0.298. The van der Waals surface area contributed by atoms with Gasteiger partial charge in [-0.15, -0.1) is 24.0 Å². The molecule has 1 aromatic heterocycles. The number of nitrogens with zero attached hydrogens (tertiary/aromatic N) is 3. The molecular formula is C20H32IN5O3. The predicted octanol–water partition coefficient (Wildman–Crippen LogP) is 3.69. The molecule has 1 atom stereocenters. The monoisotopic (exact) mass is 517 g/mol. The largest absolute Gasteiger partial charge is 0.497 e. The summed E-state index contributed by atoms with van der Waals surface area (Å²) in [7, 11) is 3.31. The maximum atomic E-state index is 5.48. The smallest absolute Gasteiger partial charge is 0.228 e. The molecule has 0 aliphatic rings. The van der Waals surface area contributed by atoms with Gasteiger partial charge in [-0.05, 0) is 32.0 Å². The number of benzene rings is 1. The molecule has 0 fully saturated rings. The van der Waals surface area contributed by atoms with Crippen molar-refractivity contribution < 1.29 is 14.0 Å². The molecule has 29 heavy (non-hydrogen) atoms. The molecule has 0 amide bonds. The van der Waals surface area contributed by atoms with Gasteiger partial charge >= 0.3 is 0 Å². The van der Waals surface area contributed by atoms with Crippen LogP contribution in [0, 0.1) is 0 Å². The first kappa shape index (κ1) is 25.0. The van der Waals surface area contributed by atoms with E-state index in [9.17, 15) is 0 Å². The van der Waals surface area contributed by atoms with Crippen molar-refractivity contribution in [1.82, 2.24) is 20.8 Å². The van der Waals surface area contributed by atoms with Crippen LogP contribution in [-0.4, -0.2) is 43.4 Å². The highest BCUT2D eigenvalue weighted by Crippen LogP contribution is 2.29.